The second kappa shape index (κ2) is 9.44. The number of amides is 1. The average Bonchev–Trinajstić information content (AvgIpc) is 3.07. The fraction of sp³-hybridized carbons (Fsp3) is 0.571. The third-order valence-corrected chi connectivity index (χ3v) is 3.27. The second-order valence-electron chi connectivity index (χ2n) is 5.17. The lowest BCUT2D eigenvalue weighted by Crippen LogP contribution is -2.16. The van der Waals surface area contributed by atoms with Crippen LogP contribution in [0.25, 0.3) is 0 Å². The fourth-order valence-electron chi connectivity index (χ4n) is 2.06. The Hall–Kier alpha value is -2.58. The Morgan fingerprint density at radius 2 is 2.00 bits per heavy atom. The molecule has 9 heteroatoms. The minimum absolute atomic E-state index is 0.0993. The minimum atomic E-state index is -0.429. The van der Waals surface area contributed by atoms with Crippen molar-refractivity contribution in [1.82, 2.24) is 30.6 Å². The maximum absolute atomic E-state index is 12.0. The normalized spacial score (nSPS) is 10.5. The molecule has 3 N–H and O–H groups in total. The van der Waals surface area contributed by atoms with Crippen molar-refractivity contribution in [3.05, 3.63) is 18.1 Å². The van der Waals surface area contributed by atoms with E-state index in [4.69, 9.17) is 0 Å². The Labute approximate surface area is 134 Å². The molecule has 0 spiro atoms. The van der Waals surface area contributed by atoms with Gasteiger partial charge in [-0.05, 0) is 11.6 Å². The molecule has 9 nitrogen and oxygen atoms in total. The highest BCUT2D eigenvalue weighted by Crippen LogP contribution is 2.07. The molecule has 0 atom stereocenters. The molecule has 0 aromatic carbocycles. The number of H-pyrrole nitrogens is 1. The van der Waals surface area contributed by atoms with Gasteiger partial charge < -0.3 is 5.32 Å². The third kappa shape index (κ3) is 5.97. The monoisotopic (exact) mass is 318 g/mol. The summed E-state index contributed by atoms with van der Waals surface area (Å²) < 4.78 is 0. The van der Waals surface area contributed by atoms with Crippen LogP contribution in [0.2, 0.25) is 0 Å². The Morgan fingerprint density at radius 3 is 2.78 bits per heavy atom. The van der Waals surface area contributed by atoms with E-state index in [-0.39, 0.29) is 11.6 Å². The lowest BCUT2D eigenvalue weighted by Gasteiger charge is -2.06. The summed E-state index contributed by atoms with van der Waals surface area (Å²) in [6.45, 7) is 3.03. The highest BCUT2D eigenvalue weighted by atomic mass is 16.2. The first-order chi connectivity index (χ1) is 11.3. The van der Waals surface area contributed by atoms with Crippen LogP contribution in [-0.4, -0.2) is 43.0 Å². The first-order valence-corrected chi connectivity index (χ1v) is 7.90. The molecule has 124 valence electrons. The Bertz CT molecular complexity index is 586. The number of carbonyl (C=O) groups excluding carboxylic acids is 1. The quantitative estimate of drug-likeness (QED) is 0.573. The lowest BCUT2D eigenvalue weighted by atomic mass is 10.1. The molecule has 0 unspecified atom stereocenters. The van der Waals surface area contributed by atoms with Gasteiger partial charge in [-0.15, -0.1) is 5.10 Å². The molecule has 0 aliphatic carbocycles. The first-order valence-electron chi connectivity index (χ1n) is 7.90. The molecule has 2 aromatic rings. The van der Waals surface area contributed by atoms with Crippen molar-refractivity contribution in [2.24, 2.45) is 0 Å². The van der Waals surface area contributed by atoms with Gasteiger partial charge in [0, 0.05) is 6.54 Å². The number of aromatic nitrogens is 6. The number of nitrogens with one attached hydrogen (secondary N) is 3. The Kier molecular flexibility index (Phi) is 6.89. The number of unbranched alkanes of at least 4 members (excludes halogenated alkanes) is 5. The van der Waals surface area contributed by atoms with Crippen molar-refractivity contribution in [2.75, 3.05) is 17.2 Å². The molecular formula is C14H22N8O. The predicted molar refractivity (Wildman–Crippen MR) is 86.0 cm³/mol. The number of hydrogen-bond donors (Lipinski definition) is 3. The van der Waals surface area contributed by atoms with Gasteiger partial charge in [0.2, 0.25) is 0 Å². The highest BCUT2D eigenvalue weighted by Gasteiger charge is 2.11. The van der Waals surface area contributed by atoms with Gasteiger partial charge in [0.05, 0.1) is 12.4 Å². The number of hydrogen-bond acceptors (Lipinski definition) is 7. The van der Waals surface area contributed by atoms with Gasteiger partial charge in [-0.2, -0.15) is 5.21 Å². The van der Waals surface area contributed by atoms with E-state index in [0.29, 0.717) is 5.82 Å². The van der Waals surface area contributed by atoms with Crippen LogP contribution in [0, 0.1) is 0 Å². The molecule has 0 saturated heterocycles. The molecule has 1 amide bonds. The minimum Gasteiger partial charge on any atom is -0.369 e. The van der Waals surface area contributed by atoms with E-state index < -0.39 is 5.91 Å². The van der Waals surface area contributed by atoms with Crippen molar-refractivity contribution in [1.29, 1.82) is 0 Å². The van der Waals surface area contributed by atoms with E-state index in [1.54, 1.807) is 6.20 Å². The predicted octanol–water partition coefficient (Wildman–Crippen LogP) is 2.01. The van der Waals surface area contributed by atoms with Gasteiger partial charge in [-0.1, -0.05) is 44.1 Å². The molecule has 0 radical (unpaired) electrons. The van der Waals surface area contributed by atoms with Crippen molar-refractivity contribution in [3.8, 4) is 0 Å². The zero-order chi connectivity index (χ0) is 16.3. The van der Waals surface area contributed by atoms with Crippen molar-refractivity contribution < 1.29 is 4.79 Å². The molecule has 0 saturated carbocycles. The third-order valence-electron chi connectivity index (χ3n) is 3.27. The van der Waals surface area contributed by atoms with Crippen LogP contribution in [0.4, 0.5) is 11.8 Å². The number of anilines is 2. The first kappa shape index (κ1) is 16.8. The van der Waals surface area contributed by atoms with Crippen LogP contribution in [-0.2, 0) is 0 Å². The Balaban J connectivity index is 1.74. The van der Waals surface area contributed by atoms with E-state index in [9.17, 15) is 4.79 Å². The van der Waals surface area contributed by atoms with Gasteiger partial charge in [0.15, 0.2) is 0 Å². The molecule has 0 aliphatic rings. The van der Waals surface area contributed by atoms with Gasteiger partial charge in [-0.3, -0.25) is 15.1 Å². The summed E-state index contributed by atoms with van der Waals surface area (Å²) in [5.41, 5.74) is 0.197. The zero-order valence-corrected chi connectivity index (χ0v) is 13.2. The van der Waals surface area contributed by atoms with Crippen LogP contribution in [0.1, 0.15) is 55.9 Å². The molecule has 0 bridgehead atoms. The zero-order valence-electron chi connectivity index (χ0n) is 13.2. The SMILES string of the molecule is CCCCCCCCNc1cncc(C(=O)Nc2nn[nH]n2)n1. The summed E-state index contributed by atoms with van der Waals surface area (Å²) in [6, 6.07) is 0. The van der Waals surface area contributed by atoms with E-state index >= 15 is 0 Å². The van der Waals surface area contributed by atoms with E-state index in [2.05, 4.69) is 48.1 Å². The maximum Gasteiger partial charge on any atom is 0.278 e. The van der Waals surface area contributed by atoms with Crippen LogP contribution < -0.4 is 10.6 Å². The van der Waals surface area contributed by atoms with E-state index in [1.807, 2.05) is 0 Å². The van der Waals surface area contributed by atoms with Crippen LogP contribution in [0.3, 0.4) is 0 Å². The average molecular weight is 318 g/mol. The van der Waals surface area contributed by atoms with Crippen LogP contribution in [0.15, 0.2) is 12.4 Å². The highest BCUT2D eigenvalue weighted by molar-refractivity contribution is 6.01. The molecule has 2 aromatic heterocycles. The van der Waals surface area contributed by atoms with E-state index in [0.717, 1.165) is 13.0 Å². The number of nitrogens with zero attached hydrogens (tertiary/aromatic N) is 5. The molecule has 2 rings (SSSR count). The van der Waals surface area contributed by atoms with E-state index in [1.165, 1.54) is 38.3 Å². The van der Waals surface area contributed by atoms with Crippen LogP contribution >= 0.6 is 0 Å². The largest absolute Gasteiger partial charge is 0.369 e. The molecular weight excluding hydrogens is 296 g/mol. The molecule has 0 fully saturated rings. The maximum atomic E-state index is 12.0. The summed E-state index contributed by atoms with van der Waals surface area (Å²) in [7, 11) is 0. The number of aromatic amines is 1. The Morgan fingerprint density at radius 1 is 1.17 bits per heavy atom. The molecule has 0 aliphatic heterocycles. The van der Waals surface area contributed by atoms with Crippen molar-refractivity contribution in [2.45, 2.75) is 45.4 Å². The van der Waals surface area contributed by atoms with Gasteiger partial charge in [-0.25, -0.2) is 4.98 Å². The van der Waals surface area contributed by atoms with Crippen molar-refractivity contribution >= 4 is 17.7 Å². The number of rotatable bonds is 10. The topological polar surface area (TPSA) is 121 Å². The smallest absolute Gasteiger partial charge is 0.278 e. The van der Waals surface area contributed by atoms with Crippen molar-refractivity contribution in [3.63, 3.8) is 0 Å². The summed E-state index contributed by atoms with van der Waals surface area (Å²) in [4.78, 5) is 20.2. The van der Waals surface area contributed by atoms with Crippen LogP contribution in [0.5, 0.6) is 0 Å². The lowest BCUT2D eigenvalue weighted by molar-refractivity contribution is 0.102. The van der Waals surface area contributed by atoms with Gasteiger partial charge in [0.25, 0.3) is 11.9 Å². The van der Waals surface area contributed by atoms with Gasteiger partial charge >= 0.3 is 0 Å². The standard InChI is InChI=1S/C14H22N8O/c1-2-3-4-5-6-7-8-16-12-10-15-9-11(17-12)13(23)18-14-19-21-22-20-14/h9-10H,2-8H2,1H3,(H,16,17)(H2,18,19,20,21,22,23). The molecule has 23 heavy (non-hydrogen) atoms. The summed E-state index contributed by atoms with van der Waals surface area (Å²) >= 11 is 0. The fourth-order valence-corrected chi connectivity index (χ4v) is 2.06. The number of carbonyl (C=O) groups is 1. The second-order valence-corrected chi connectivity index (χ2v) is 5.17. The number of tetrazole rings is 1. The summed E-state index contributed by atoms with van der Waals surface area (Å²) in [5.74, 6) is 0.253. The van der Waals surface area contributed by atoms with Gasteiger partial charge in [0.1, 0.15) is 11.5 Å². The summed E-state index contributed by atoms with van der Waals surface area (Å²) in [6.07, 6.45) is 10.4. The summed E-state index contributed by atoms with van der Waals surface area (Å²) in [5, 5.41) is 18.6. The molecule has 2 heterocycles.